The third kappa shape index (κ3) is 2.60. The lowest BCUT2D eigenvalue weighted by Gasteiger charge is -2.14. The second-order valence-corrected chi connectivity index (χ2v) is 6.00. The SMILES string of the molecule is COC[C@@H]1CCN(Cc2oc3ccc(C)cc3c2C)C1. The lowest BCUT2D eigenvalue weighted by Crippen LogP contribution is -2.21. The van der Waals surface area contributed by atoms with Gasteiger partial charge >= 0.3 is 0 Å². The summed E-state index contributed by atoms with van der Waals surface area (Å²) in [4.78, 5) is 2.47. The van der Waals surface area contributed by atoms with Crippen molar-refractivity contribution in [2.45, 2.75) is 26.8 Å². The van der Waals surface area contributed by atoms with Gasteiger partial charge in [0.25, 0.3) is 0 Å². The van der Waals surface area contributed by atoms with Gasteiger partial charge in [-0.3, -0.25) is 4.90 Å². The zero-order valence-electron chi connectivity index (χ0n) is 12.6. The van der Waals surface area contributed by atoms with E-state index in [-0.39, 0.29) is 0 Å². The molecule has 0 spiro atoms. The van der Waals surface area contributed by atoms with Crippen molar-refractivity contribution in [2.75, 3.05) is 26.8 Å². The van der Waals surface area contributed by atoms with Crippen LogP contribution in [0, 0.1) is 19.8 Å². The molecule has 0 saturated carbocycles. The van der Waals surface area contributed by atoms with Crippen molar-refractivity contribution >= 4 is 11.0 Å². The maximum atomic E-state index is 6.04. The number of benzene rings is 1. The van der Waals surface area contributed by atoms with Gasteiger partial charge in [0.15, 0.2) is 0 Å². The number of ether oxygens (including phenoxy) is 1. The van der Waals surface area contributed by atoms with Crippen molar-refractivity contribution in [3.8, 4) is 0 Å². The summed E-state index contributed by atoms with van der Waals surface area (Å²) in [6.07, 6.45) is 1.23. The number of methoxy groups -OCH3 is 1. The van der Waals surface area contributed by atoms with E-state index in [4.69, 9.17) is 9.15 Å². The van der Waals surface area contributed by atoms with E-state index in [1.165, 1.54) is 22.9 Å². The van der Waals surface area contributed by atoms with Crippen molar-refractivity contribution in [3.05, 3.63) is 35.1 Å². The average Bonchev–Trinajstić information content (AvgIpc) is 2.98. The first-order valence-corrected chi connectivity index (χ1v) is 7.37. The Kier molecular flexibility index (Phi) is 3.81. The molecule has 0 unspecified atom stereocenters. The molecule has 0 amide bonds. The fraction of sp³-hybridized carbons (Fsp3) is 0.529. The molecule has 1 atom stereocenters. The molecule has 2 aromatic rings. The van der Waals surface area contributed by atoms with E-state index < -0.39 is 0 Å². The predicted octanol–water partition coefficient (Wildman–Crippen LogP) is 3.52. The minimum atomic E-state index is 0.673. The summed E-state index contributed by atoms with van der Waals surface area (Å²) in [5, 5.41) is 1.26. The van der Waals surface area contributed by atoms with Gasteiger partial charge < -0.3 is 9.15 Å². The van der Waals surface area contributed by atoms with Crippen LogP contribution in [-0.4, -0.2) is 31.7 Å². The fourth-order valence-electron chi connectivity index (χ4n) is 3.17. The highest BCUT2D eigenvalue weighted by Gasteiger charge is 2.24. The lowest BCUT2D eigenvalue weighted by molar-refractivity contribution is 0.152. The third-order valence-corrected chi connectivity index (χ3v) is 4.33. The van der Waals surface area contributed by atoms with E-state index in [1.54, 1.807) is 7.11 Å². The first-order chi connectivity index (χ1) is 9.67. The number of hydrogen-bond donors (Lipinski definition) is 0. The molecule has 0 aliphatic carbocycles. The number of likely N-dealkylation sites (tertiary alicyclic amines) is 1. The zero-order valence-corrected chi connectivity index (χ0v) is 12.6. The van der Waals surface area contributed by atoms with Gasteiger partial charge in [-0.05, 0) is 50.4 Å². The smallest absolute Gasteiger partial charge is 0.134 e. The van der Waals surface area contributed by atoms with Crippen molar-refractivity contribution < 1.29 is 9.15 Å². The van der Waals surface area contributed by atoms with Gasteiger partial charge in [-0.25, -0.2) is 0 Å². The van der Waals surface area contributed by atoms with Crippen LogP contribution in [-0.2, 0) is 11.3 Å². The first kappa shape index (κ1) is 13.7. The molecule has 1 aromatic heterocycles. The quantitative estimate of drug-likeness (QED) is 0.852. The Balaban J connectivity index is 1.76. The van der Waals surface area contributed by atoms with Crippen molar-refractivity contribution in [3.63, 3.8) is 0 Å². The molecule has 1 aliphatic rings. The number of nitrogens with zero attached hydrogens (tertiary/aromatic N) is 1. The normalized spacial score (nSPS) is 20.1. The van der Waals surface area contributed by atoms with Crippen LogP contribution >= 0.6 is 0 Å². The topological polar surface area (TPSA) is 25.6 Å². The highest BCUT2D eigenvalue weighted by atomic mass is 16.5. The average molecular weight is 273 g/mol. The summed E-state index contributed by atoms with van der Waals surface area (Å²) < 4.78 is 11.3. The molecule has 0 bridgehead atoms. The van der Waals surface area contributed by atoms with Crippen LogP contribution in [0.5, 0.6) is 0 Å². The summed E-state index contributed by atoms with van der Waals surface area (Å²) in [5.74, 6) is 1.79. The van der Waals surface area contributed by atoms with E-state index >= 15 is 0 Å². The van der Waals surface area contributed by atoms with Crippen LogP contribution in [0.2, 0.25) is 0 Å². The van der Waals surface area contributed by atoms with Crippen molar-refractivity contribution in [2.24, 2.45) is 5.92 Å². The van der Waals surface area contributed by atoms with Crippen molar-refractivity contribution in [1.29, 1.82) is 0 Å². The number of furan rings is 1. The number of fused-ring (bicyclic) bond motifs is 1. The minimum Gasteiger partial charge on any atom is -0.459 e. The molecular formula is C17H23NO2. The summed E-state index contributed by atoms with van der Waals surface area (Å²) in [7, 11) is 1.79. The Bertz CT molecular complexity index is 602. The third-order valence-electron chi connectivity index (χ3n) is 4.33. The summed E-state index contributed by atoms with van der Waals surface area (Å²) in [5.41, 5.74) is 3.59. The molecule has 1 aromatic carbocycles. The highest BCUT2D eigenvalue weighted by Crippen LogP contribution is 2.28. The van der Waals surface area contributed by atoms with E-state index in [9.17, 15) is 0 Å². The maximum absolute atomic E-state index is 6.04. The van der Waals surface area contributed by atoms with Crippen LogP contribution in [0.3, 0.4) is 0 Å². The van der Waals surface area contributed by atoms with Crippen LogP contribution < -0.4 is 0 Å². The van der Waals surface area contributed by atoms with Crippen molar-refractivity contribution in [1.82, 2.24) is 4.90 Å². The minimum absolute atomic E-state index is 0.673. The Morgan fingerprint density at radius 2 is 2.20 bits per heavy atom. The Labute approximate surface area is 120 Å². The van der Waals surface area contributed by atoms with Gasteiger partial charge in [-0.15, -0.1) is 0 Å². The standard InChI is InChI=1S/C17H23NO2/c1-12-4-5-16-15(8-12)13(2)17(20-16)10-18-7-6-14(9-18)11-19-3/h4-5,8,14H,6-7,9-11H2,1-3H3/t14-/m1/s1. The Morgan fingerprint density at radius 1 is 1.35 bits per heavy atom. The van der Waals surface area contributed by atoms with Gasteiger partial charge in [0, 0.05) is 19.0 Å². The number of hydrogen-bond acceptors (Lipinski definition) is 3. The van der Waals surface area contributed by atoms with E-state index in [2.05, 4.69) is 36.9 Å². The molecule has 108 valence electrons. The number of aryl methyl sites for hydroxylation is 2. The molecule has 2 heterocycles. The monoisotopic (exact) mass is 273 g/mol. The highest BCUT2D eigenvalue weighted by molar-refractivity contribution is 5.82. The second kappa shape index (κ2) is 5.58. The molecule has 0 N–H and O–H groups in total. The molecule has 1 fully saturated rings. The van der Waals surface area contributed by atoms with E-state index in [0.29, 0.717) is 5.92 Å². The number of rotatable bonds is 4. The zero-order chi connectivity index (χ0) is 14.1. The molecule has 1 aliphatic heterocycles. The Hall–Kier alpha value is -1.32. The lowest BCUT2D eigenvalue weighted by atomic mass is 10.1. The van der Waals surface area contributed by atoms with Crippen LogP contribution in [0.1, 0.15) is 23.3 Å². The maximum Gasteiger partial charge on any atom is 0.134 e. The van der Waals surface area contributed by atoms with Gasteiger partial charge in [0.2, 0.25) is 0 Å². The predicted molar refractivity (Wildman–Crippen MR) is 80.9 cm³/mol. The van der Waals surface area contributed by atoms with Gasteiger partial charge in [0.1, 0.15) is 11.3 Å². The summed E-state index contributed by atoms with van der Waals surface area (Å²) >= 11 is 0. The van der Waals surface area contributed by atoms with Crippen LogP contribution in [0.15, 0.2) is 22.6 Å². The molecular weight excluding hydrogens is 250 g/mol. The largest absolute Gasteiger partial charge is 0.459 e. The second-order valence-electron chi connectivity index (χ2n) is 6.00. The fourth-order valence-corrected chi connectivity index (χ4v) is 3.17. The molecule has 20 heavy (non-hydrogen) atoms. The molecule has 3 rings (SSSR count). The first-order valence-electron chi connectivity index (χ1n) is 7.37. The molecule has 3 nitrogen and oxygen atoms in total. The van der Waals surface area contributed by atoms with Crippen LogP contribution in [0.25, 0.3) is 11.0 Å². The molecule has 0 radical (unpaired) electrons. The van der Waals surface area contributed by atoms with Gasteiger partial charge in [0.05, 0.1) is 13.2 Å². The molecule has 1 saturated heterocycles. The molecule has 3 heteroatoms. The van der Waals surface area contributed by atoms with Gasteiger partial charge in [-0.1, -0.05) is 11.6 Å². The van der Waals surface area contributed by atoms with E-state index in [0.717, 1.165) is 37.6 Å². The van der Waals surface area contributed by atoms with E-state index in [1.807, 2.05) is 0 Å². The Morgan fingerprint density at radius 3 is 3.00 bits per heavy atom. The summed E-state index contributed by atoms with van der Waals surface area (Å²) in [6.45, 7) is 8.34. The van der Waals surface area contributed by atoms with Gasteiger partial charge in [-0.2, -0.15) is 0 Å². The van der Waals surface area contributed by atoms with Crippen LogP contribution in [0.4, 0.5) is 0 Å². The summed E-state index contributed by atoms with van der Waals surface area (Å²) in [6, 6.07) is 6.41.